The van der Waals surface area contributed by atoms with Crippen molar-refractivity contribution in [3.63, 3.8) is 0 Å². The zero-order valence-corrected chi connectivity index (χ0v) is 12.6. The van der Waals surface area contributed by atoms with Crippen LogP contribution in [0.3, 0.4) is 0 Å². The standard InChI is InChI=1S/C17H27NO/c1-5-15(14-8-6-7-9-17(14)19-4)18-16-11-10-12(2)13(16)3/h6-9,12-13,15-16,18H,5,10-11H2,1-4H3. The van der Waals surface area contributed by atoms with Gasteiger partial charge in [0.15, 0.2) is 0 Å². The smallest absolute Gasteiger partial charge is 0.123 e. The third kappa shape index (κ3) is 3.11. The van der Waals surface area contributed by atoms with E-state index in [4.69, 9.17) is 4.74 Å². The minimum absolute atomic E-state index is 0.397. The van der Waals surface area contributed by atoms with E-state index in [9.17, 15) is 0 Å². The van der Waals surface area contributed by atoms with Crippen LogP contribution in [0.1, 0.15) is 51.6 Å². The molecule has 0 heterocycles. The van der Waals surface area contributed by atoms with Crippen LogP contribution in [0.15, 0.2) is 24.3 Å². The number of methoxy groups -OCH3 is 1. The molecular weight excluding hydrogens is 234 g/mol. The van der Waals surface area contributed by atoms with Crippen LogP contribution in [0.25, 0.3) is 0 Å². The van der Waals surface area contributed by atoms with Gasteiger partial charge in [-0.05, 0) is 37.2 Å². The summed E-state index contributed by atoms with van der Waals surface area (Å²) >= 11 is 0. The Kier molecular flexibility index (Phi) is 4.87. The molecule has 1 saturated carbocycles. The molecule has 0 saturated heterocycles. The zero-order valence-electron chi connectivity index (χ0n) is 12.6. The summed E-state index contributed by atoms with van der Waals surface area (Å²) in [6.07, 6.45) is 3.74. The monoisotopic (exact) mass is 261 g/mol. The first-order valence-electron chi connectivity index (χ1n) is 7.56. The molecule has 0 aliphatic heterocycles. The lowest BCUT2D eigenvalue weighted by Gasteiger charge is -2.27. The lowest BCUT2D eigenvalue weighted by molar-refractivity contribution is 0.328. The summed E-state index contributed by atoms with van der Waals surface area (Å²) in [5.74, 6) is 2.61. The van der Waals surface area contributed by atoms with E-state index in [1.807, 2.05) is 6.07 Å². The van der Waals surface area contributed by atoms with E-state index >= 15 is 0 Å². The Morgan fingerprint density at radius 2 is 2.00 bits per heavy atom. The van der Waals surface area contributed by atoms with Gasteiger partial charge in [0.2, 0.25) is 0 Å². The van der Waals surface area contributed by atoms with E-state index in [0.29, 0.717) is 12.1 Å². The van der Waals surface area contributed by atoms with Crippen LogP contribution in [-0.4, -0.2) is 13.2 Å². The Hall–Kier alpha value is -1.02. The molecule has 0 bridgehead atoms. The molecule has 2 nitrogen and oxygen atoms in total. The second-order valence-corrected chi connectivity index (χ2v) is 5.89. The van der Waals surface area contributed by atoms with Crippen molar-refractivity contribution in [2.24, 2.45) is 11.8 Å². The summed E-state index contributed by atoms with van der Waals surface area (Å²) in [5, 5.41) is 3.86. The van der Waals surface area contributed by atoms with Crippen LogP contribution in [0.5, 0.6) is 5.75 Å². The van der Waals surface area contributed by atoms with E-state index < -0.39 is 0 Å². The van der Waals surface area contributed by atoms with Crippen molar-refractivity contribution < 1.29 is 4.74 Å². The molecule has 0 amide bonds. The molecule has 19 heavy (non-hydrogen) atoms. The Bertz CT molecular complexity index is 404. The van der Waals surface area contributed by atoms with Gasteiger partial charge in [0.1, 0.15) is 5.75 Å². The molecule has 2 heteroatoms. The average Bonchev–Trinajstić information content (AvgIpc) is 2.76. The summed E-state index contributed by atoms with van der Waals surface area (Å²) in [5.41, 5.74) is 1.29. The molecule has 106 valence electrons. The van der Waals surface area contributed by atoms with E-state index in [1.165, 1.54) is 18.4 Å². The highest BCUT2D eigenvalue weighted by atomic mass is 16.5. The Balaban J connectivity index is 2.12. The normalized spacial score (nSPS) is 28.3. The Morgan fingerprint density at radius 3 is 2.58 bits per heavy atom. The highest BCUT2D eigenvalue weighted by Gasteiger charge is 2.31. The fourth-order valence-electron chi connectivity index (χ4n) is 3.24. The number of hydrogen-bond acceptors (Lipinski definition) is 2. The number of rotatable bonds is 5. The van der Waals surface area contributed by atoms with E-state index in [2.05, 4.69) is 44.3 Å². The maximum atomic E-state index is 5.50. The minimum atomic E-state index is 0.397. The van der Waals surface area contributed by atoms with Crippen LogP contribution >= 0.6 is 0 Å². The van der Waals surface area contributed by atoms with Crippen molar-refractivity contribution in [3.8, 4) is 5.75 Å². The minimum Gasteiger partial charge on any atom is -0.496 e. The van der Waals surface area contributed by atoms with Crippen molar-refractivity contribution in [3.05, 3.63) is 29.8 Å². The largest absolute Gasteiger partial charge is 0.496 e. The van der Waals surface area contributed by atoms with Crippen LogP contribution in [0.4, 0.5) is 0 Å². The first kappa shape index (κ1) is 14.4. The predicted octanol–water partition coefficient (Wildman–Crippen LogP) is 4.17. The number of benzene rings is 1. The van der Waals surface area contributed by atoms with Gasteiger partial charge in [-0.2, -0.15) is 0 Å². The molecular formula is C17H27NO. The van der Waals surface area contributed by atoms with Gasteiger partial charge in [-0.3, -0.25) is 0 Å². The molecule has 1 aromatic carbocycles. The topological polar surface area (TPSA) is 21.3 Å². The van der Waals surface area contributed by atoms with E-state index in [1.54, 1.807) is 7.11 Å². The van der Waals surface area contributed by atoms with Gasteiger partial charge >= 0.3 is 0 Å². The molecule has 0 aromatic heterocycles. The van der Waals surface area contributed by atoms with Crippen LogP contribution in [0.2, 0.25) is 0 Å². The van der Waals surface area contributed by atoms with Gasteiger partial charge in [-0.15, -0.1) is 0 Å². The van der Waals surface area contributed by atoms with Crippen molar-refractivity contribution in [2.45, 2.75) is 52.1 Å². The number of ether oxygens (including phenoxy) is 1. The fourth-order valence-corrected chi connectivity index (χ4v) is 3.24. The SMILES string of the molecule is CCC(NC1CCC(C)C1C)c1ccccc1OC. The number of hydrogen-bond donors (Lipinski definition) is 1. The summed E-state index contributed by atoms with van der Waals surface area (Å²) < 4.78 is 5.50. The second-order valence-electron chi connectivity index (χ2n) is 5.89. The molecule has 0 radical (unpaired) electrons. The quantitative estimate of drug-likeness (QED) is 0.859. The fraction of sp³-hybridized carbons (Fsp3) is 0.647. The van der Waals surface area contributed by atoms with Crippen LogP contribution in [0, 0.1) is 11.8 Å². The third-order valence-electron chi connectivity index (χ3n) is 4.80. The molecule has 1 aliphatic rings. The summed E-state index contributed by atoms with van der Waals surface area (Å²) in [7, 11) is 1.76. The number of para-hydroxylation sites is 1. The van der Waals surface area contributed by atoms with Crippen molar-refractivity contribution in [2.75, 3.05) is 7.11 Å². The van der Waals surface area contributed by atoms with Gasteiger partial charge in [0, 0.05) is 17.6 Å². The molecule has 0 spiro atoms. The molecule has 1 aliphatic carbocycles. The summed E-state index contributed by atoms with van der Waals surface area (Å²) in [6, 6.07) is 9.42. The first-order valence-corrected chi connectivity index (χ1v) is 7.56. The summed E-state index contributed by atoms with van der Waals surface area (Å²) in [6.45, 7) is 6.99. The van der Waals surface area contributed by atoms with Gasteiger partial charge in [-0.25, -0.2) is 0 Å². The number of nitrogens with one attached hydrogen (secondary N) is 1. The molecule has 4 atom stereocenters. The van der Waals surface area contributed by atoms with Crippen molar-refractivity contribution in [1.82, 2.24) is 5.32 Å². The highest BCUT2D eigenvalue weighted by Crippen LogP contribution is 2.34. The predicted molar refractivity (Wildman–Crippen MR) is 80.5 cm³/mol. The van der Waals surface area contributed by atoms with Crippen molar-refractivity contribution in [1.29, 1.82) is 0 Å². The molecule has 1 N–H and O–H groups in total. The van der Waals surface area contributed by atoms with Gasteiger partial charge in [-0.1, -0.05) is 39.0 Å². The lowest BCUT2D eigenvalue weighted by atomic mass is 9.95. The lowest BCUT2D eigenvalue weighted by Crippen LogP contribution is -2.35. The van der Waals surface area contributed by atoms with Gasteiger partial charge < -0.3 is 10.1 Å². The second kappa shape index (κ2) is 6.42. The van der Waals surface area contributed by atoms with Gasteiger partial charge in [0.05, 0.1) is 7.11 Å². The summed E-state index contributed by atoms with van der Waals surface area (Å²) in [4.78, 5) is 0. The van der Waals surface area contributed by atoms with Crippen LogP contribution in [-0.2, 0) is 0 Å². The highest BCUT2D eigenvalue weighted by molar-refractivity contribution is 5.35. The van der Waals surface area contributed by atoms with Crippen molar-refractivity contribution >= 4 is 0 Å². The first-order chi connectivity index (χ1) is 9.17. The van der Waals surface area contributed by atoms with Gasteiger partial charge in [0.25, 0.3) is 0 Å². The molecule has 1 fully saturated rings. The Labute approximate surface area is 117 Å². The van der Waals surface area contributed by atoms with Crippen LogP contribution < -0.4 is 10.1 Å². The third-order valence-corrected chi connectivity index (χ3v) is 4.80. The maximum absolute atomic E-state index is 5.50. The maximum Gasteiger partial charge on any atom is 0.123 e. The van der Waals surface area contributed by atoms with E-state index in [-0.39, 0.29) is 0 Å². The molecule has 2 rings (SSSR count). The Morgan fingerprint density at radius 1 is 1.26 bits per heavy atom. The van der Waals surface area contributed by atoms with E-state index in [0.717, 1.165) is 24.0 Å². The molecule has 4 unspecified atom stereocenters. The molecule has 1 aromatic rings. The average molecular weight is 261 g/mol. The zero-order chi connectivity index (χ0) is 13.8.